The Morgan fingerprint density at radius 1 is 1.00 bits per heavy atom. The van der Waals surface area contributed by atoms with Crippen LogP contribution in [0.1, 0.15) is 43.6 Å². The van der Waals surface area contributed by atoms with Crippen LogP contribution < -0.4 is 5.32 Å². The van der Waals surface area contributed by atoms with Gasteiger partial charge in [0.15, 0.2) is 0 Å². The van der Waals surface area contributed by atoms with Crippen molar-refractivity contribution in [3.05, 3.63) is 71.1 Å². The van der Waals surface area contributed by atoms with Crippen molar-refractivity contribution in [1.82, 2.24) is 15.5 Å². The van der Waals surface area contributed by atoms with E-state index in [-0.39, 0.29) is 0 Å². The van der Waals surface area contributed by atoms with Gasteiger partial charge in [-0.2, -0.15) is 4.98 Å². The molecule has 0 unspecified atom stereocenters. The third kappa shape index (κ3) is 4.58. The molecule has 0 amide bonds. The summed E-state index contributed by atoms with van der Waals surface area (Å²) >= 11 is 5.95. The molecule has 1 N–H and O–H groups in total. The van der Waals surface area contributed by atoms with Crippen LogP contribution in [0.3, 0.4) is 0 Å². The van der Waals surface area contributed by atoms with Gasteiger partial charge in [0, 0.05) is 28.4 Å². The minimum Gasteiger partial charge on any atom is -0.382 e. The third-order valence-electron chi connectivity index (χ3n) is 4.86. The predicted molar refractivity (Wildman–Crippen MR) is 109 cm³/mol. The Balaban J connectivity index is 1.61. The van der Waals surface area contributed by atoms with Crippen LogP contribution in [0.4, 0.5) is 0 Å². The summed E-state index contributed by atoms with van der Waals surface area (Å²) in [6.45, 7) is 0. The van der Waals surface area contributed by atoms with Gasteiger partial charge in [0.05, 0.1) is 0 Å². The van der Waals surface area contributed by atoms with E-state index in [9.17, 15) is 0 Å². The van der Waals surface area contributed by atoms with Gasteiger partial charge in [0.25, 0.3) is 5.89 Å². The van der Waals surface area contributed by atoms with Crippen LogP contribution in [0.15, 0.2) is 59.1 Å². The zero-order valence-electron chi connectivity index (χ0n) is 15.1. The van der Waals surface area contributed by atoms with Gasteiger partial charge in [-0.1, -0.05) is 66.4 Å². The maximum atomic E-state index is 5.95. The maximum absolute atomic E-state index is 5.95. The SMILES string of the molecule is Clc1ccc(-c2noc(/C=C(\NC3CCCCC3)c3ccccc3)n2)cc1. The molecule has 0 spiro atoms. The number of hydrogen-bond acceptors (Lipinski definition) is 4. The number of hydrogen-bond donors (Lipinski definition) is 1. The minimum atomic E-state index is 0.488. The van der Waals surface area contributed by atoms with Crippen LogP contribution >= 0.6 is 11.6 Å². The third-order valence-corrected chi connectivity index (χ3v) is 5.11. The predicted octanol–water partition coefficient (Wildman–Crippen LogP) is 5.81. The Labute approximate surface area is 164 Å². The second-order valence-corrected chi connectivity index (χ2v) is 7.30. The van der Waals surface area contributed by atoms with Crippen LogP contribution in [-0.2, 0) is 0 Å². The molecule has 4 rings (SSSR count). The van der Waals surface area contributed by atoms with E-state index in [1.54, 1.807) is 0 Å². The highest BCUT2D eigenvalue weighted by atomic mass is 35.5. The molecular formula is C22H22ClN3O. The standard InChI is InChI=1S/C22H22ClN3O/c23-18-13-11-17(12-14-18)22-25-21(27-26-22)15-20(16-7-3-1-4-8-16)24-19-9-5-2-6-10-19/h1,3-4,7-8,11-15,19,24H,2,5-6,9-10H2/b20-15-. The fraction of sp³-hybridized carbons (Fsp3) is 0.273. The molecule has 1 aromatic heterocycles. The number of nitrogens with one attached hydrogen (secondary N) is 1. The molecule has 1 aliphatic rings. The van der Waals surface area contributed by atoms with Crippen molar-refractivity contribution in [2.75, 3.05) is 0 Å². The molecule has 1 aliphatic carbocycles. The molecule has 0 saturated heterocycles. The Morgan fingerprint density at radius 3 is 2.48 bits per heavy atom. The Kier molecular flexibility index (Phi) is 5.54. The van der Waals surface area contributed by atoms with Crippen molar-refractivity contribution in [1.29, 1.82) is 0 Å². The number of benzene rings is 2. The zero-order chi connectivity index (χ0) is 18.5. The smallest absolute Gasteiger partial charge is 0.253 e. The van der Waals surface area contributed by atoms with Gasteiger partial charge in [-0.15, -0.1) is 0 Å². The topological polar surface area (TPSA) is 51.0 Å². The molecule has 2 aromatic carbocycles. The Morgan fingerprint density at radius 2 is 1.74 bits per heavy atom. The largest absolute Gasteiger partial charge is 0.382 e. The molecule has 0 atom stereocenters. The van der Waals surface area contributed by atoms with Crippen LogP contribution in [-0.4, -0.2) is 16.2 Å². The van der Waals surface area contributed by atoms with E-state index in [4.69, 9.17) is 16.1 Å². The van der Waals surface area contributed by atoms with Gasteiger partial charge in [-0.3, -0.25) is 0 Å². The molecule has 1 heterocycles. The van der Waals surface area contributed by atoms with Crippen LogP contribution in [0, 0.1) is 0 Å². The van der Waals surface area contributed by atoms with Crippen molar-refractivity contribution in [2.45, 2.75) is 38.1 Å². The summed E-state index contributed by atoms with van der Waals surface area (Å²) < 4.78 is 5.48. The van der Waals surface area contributed by atoms with Crippen molar-refractivity contribution >= 4 is 23.4 Å². The summed E-state index contributed by atoms with van der Waals surface area (Å²) in [6.07, 6.45) is 8.23. The fourth-order valence-electron chi connectivity index (χ4n) is 3.43. The van der Waals surface area contributed by atoms with E-state index >= 15 is 0 Å². The molecule has 1 saturated carbocycles. The van der Waals surface area contributed by atoms with Crippen molar-refractivity contribution in [3.63, 3.8) is 0 Å². The molecule has 27 heavy (non-hydrogen) atoms. The quantitative estimate of drug-likeness (QED) is 0.607. The Hall–Kier alpha value is -2.59. The first-order valence-corrected chi connectivity index (χ1v) is 9.79. The summed E-state index contributed by atoms with van der Waals surface area (Å²) in [5, 5.41) is 8.49. The van der Waals surface area contributed by atoms with E-state index < -0.39 is 0 Å². The van der Waals surface area contributed by atoms with Crippen LogP contribution in [0.25, 0.3) is 23.2 Å². The summed E-state index contributed by atoms with van der Waals surface area (Å²) in [7, 11) is 0. The molecule has 0 aliphatic heterocycles. The number of halogens is 1. The van der Waals surface area contributed by atoms with Gasteiger partial charge in [-0.25, -0.2) is 0 Å². The van der Waals surface area contributed by atoms with Gasteiger partial charge >= 0.3 is 0 Å². The lowest BCUT2D eigenvalue weighted by atomic mass is 9.95. The van der Waals surface area contributed by atoms with Gasteiger partial charge in [-0.05, 0) is 42.7 Å². The van der Waals surface area contributed by atoms with E-state index in [2.05, 4.69) is 27.6 Å². The van der Waals surface area contributed by atoms with Crippen LogP contribution in [0.2, 0.25) is 5.02 Å². The van der Waals surface area contributed by atoms with Crippen molar-refractivity contribution < 1.29 is 4.52 Å². The lowest BCUT2D eigenvalue weighted by Crippen LogP contribution is -2.29. The molecule has 3 aromatic rings. The van der Waals surface area contributed by atoms with E-state index in [1.165, 1.54) is 32.1 Å². The van der Waals surface area contributed by atoms with E-state index in [0.717, 1.165) is 16.8 Å². The van der Waals surface area contributed by atoms with Gasteiger partial charge in [0.2, 0.25) is 5.82 Å². The first-order valence-electron chi connectivity index (χ1n) is 9.41. The van der Waals surface area contributed by atoms with Gasteiger partial charge < -0.3 is 9.84 Å². The summed E-state index contributed by atoms with van der Waals surface area (Å²) in [5.41, 5.74) is 3.02. The zero-order valence-corrected chi connectivity index (χ0v) is 15.8. The van der Waals surface area contributed by atoms with Crippen molar-refractivity contribution in [2.24, 2.45) is 0 Å². The highest BCUT2D eigenvalue weighted by Crippen LogP contribution is 2.24. The molecule has 4 nitrogen and oxygen atoms in total. The summed E-state index contributed by atoms with van der Waals surface area (Å²) in [5.74, 6) is 1.05. The molecular weight excluding hydrogens is 358 g/mol. The summed E-state index contributed by atoms with van der Waals surface area (Å²) in [4.78, 5) is 4.53. The molecule has 0 radical (unpaired) electrons. The normalized spacial score (nSPS) is 15.7. The van der Waals surface area contributed by atoms with Crippen molar-refractivity contribution in [3.8, 4) is 11.4 Å². The highest BCUT2D eigenvalue weighted by molar-refractivity contribution is 6.30. The highest BCUT2D eigenvalue weighted by Gasteiger charge is 2.16. The Bertz CT molecular complexity index is 897. The van der Waals surface area contributed by atoms with Crippen LogP contribution in [0.5, 0.6) is 0 Å². The molecule has 138 valence electrons. The first-order chi connectivity index (χ1) is 13.3. The lowest BCUT2D eigenvalue weighted by molar-refractivity contribution is 0.405. The fourth-order valence-corrected chi connectivity index (χ4v) is 3.55. The summed E-state index contributed by atoms with van der Waals surface area (Å²) in [6, 6.07) is 18.2. The van der Waals surface area contributed by atoms with E-state index in [0.29, 0.717) is 22.8 Å². The minimum absolute atomic E-state index is 0.488. The number of rotatable bonds is 5. The lowest BCUT2D eigenvalue weighted by Gasteiger charge is -2.25. The molecule has 0 bridgehead atoms. The van der Waals surface area contributed by atoms with E-state index in [1.807, 2.05) is 48.5 Å². The number of nitrogens with zero attached hydrogens (tertiary/aromatic N) is 2. The maximum Gasteiger partial charge on any atom is 0.253 e. The molecule has 1 fully saturated rings. The first kappa shape index (κ1) is 17.8. The number of aromatic nitrogens is 2. The monoisotopic (exact) mass is 379 g/mol. The average molecular weight is 380 g/mol. The second kappa shape index (κ2) is 8.40. The average Bonchev–Trinajstić information content (AvgIpc) is 3.18. The van der Waals surface area contributed by atoms with Gasteiger partial charge in [0.1, 0.15) is 0 Å². The second-order valence-electron chi connectivity index (χ2n) is 6.87. The molecule has 5 heteroatoms.